The predicted molar refractivity (Wildman–Crippen MR) is 100 cm³/mol. The molecule has 6 nitrogen and oxygen atoms in total. The lowest BCUT2D eigenvalue weighted by atomic mass is 10.2. The standard InChI is InChI=1S/C19H23N3O3/c1-3-7-18(23)21-15-9-6-8-14(12-15)20-13-19(24)22-16-10-4-5-11-17(16)25-2/h4-6,8-12,20H,3,7,13H2,1-2H3,(H,21,23)(H,22,24). The maximum Gasteiger partial charge on any atom is 0.243 e. The summed E-state index contributed by atoms with van der Waals surface area (Å²) < 4.78 is 5.21. The molecule has 2 aromatic carbocycles. The predicted octanol–water partition coefficient (Wildman–Crippen LogP) is 3.48. The molecule has 0 aromatic heterocycles. The minimum Gasteiger partial charge on any atom is -0.495 e. The first-order valence-electron chi connectivity index (χ1n) is 8.19. The van der Waals surface area contributed by atoms with Crippen molar-refractivity contribution in [2.75, 3.05) is 29.6 Å². The molecule has 6 heteroatoms. The van der Waals surface area contributed by atoms with E-state index >= 15 is 0 Å². The number of rotatable bonds is 8. The van der Waals surface area contributed by atoms with E-state index in [9.17, 15) is 9.59 Å². The molecule has 0 atom stereocenters. The molecule has 0 bridgehead atoms. The molecule has 2 rings (SSSR count). The molecule has 0 fully saturated rings. The molecule has 0 aliphatic carbocycles. The van der Waals surface area contributed by atoms with Gasteiger partial charge in [0.2, 0.25) is 11.8 Å². The lowest BCUT2D eigenvalue weighted by molar-refractivity contribution is -0.116. The fourth-order valence-corrected chi connectivity index (χ4v) is 2.28. The van der Waals surface area contributed by atoms with Crippen molar-refractivity contribution in [2.24, 2.45) is 0 Å². The SMILES string of the molecule is CCCC(=O)Nc1cccc(NCC(=O)Nc2ccccc2OC)c1. The first-order valence-corrected chi connectivity index (χ1v) is 8.19. The van der Waals surface area contributed by atoms with Crippen LogP contribution in [-0.2, 0) is 9.59 Å². The molecule has 0 saturated carbocycles. The van der Waals surface area contributed by atoms with E-state index in [1.165, 1.54) is 0 Å². The molecule has 0 spiro atoms. The van der Waals surface area contributed by atoms with Crippen LogP contribution in [0, 0.1) is 0 Å². The van der Waals surface area contributed by atoms with Crippen molar-refractivity contribution >= 4 is 28.9 Å². The van der Waals surface area contributed by atoms with Crippen LogP contribution >= 0.6 is 0 Å². The van der Waals surface area contributed by atoms with E-state index in [0.717, 1.165) is 12.1 Å². The second kappa shape index (κ2) is 9.32. The van der Waals surface area contributed by atoms with Crippen LogP contribution in [0.5, 0.6) is 5.75 Å². The van der Waals surface area contributed by atoms with Crippen LogP contribution in [0.2, 0.25) is 0 Å². The topological polar surface area (TPSA) is 79.5 Å². The number of anilines is 3. The minimum absolute atomic E-state index is 0.0198. The van der Waals surface area contributed by atoms with Gasteiger partial charge in [0.15, 0.2) is 0 Å². The van der Waals surface area contributed by atoms with Gasteiger partial charge in [0, 0.05) is 17.8 Å². The number of ether oxygens (including phenoxy) is 1. The fourth-order valence-electron chi connectivity index (χ4n) is 2.28. The molecular formula is C19H23N3O3. The number of carbonyl (C=O) groups excluding carboxylic acids is 2. The smallest absolute Gasteiger partial charge is 0.243 e. The van der Waals surface area contributed by atoms with E-state index in [-0.39, 0.29) is 18.4 Å². The van der Waals surface area contributed by atoms with Crippen LogP contribution < -0.4 is 20.7 Å². The third kappa shape index (κ3) is 5.84. The highest BCUT2D eigenvalue weighted by atomic mass is 16.5. The van der Waals surface area contributed by atoms with Crippen molar-refractivity contribution in [2.45, 2.75) is 19.8 Å². The first kappa shape index (κ1) is 18.3. The Labute approximate surface area is 147 Å². The second-order valence-electron chi connectivity index (χ2n) is 5.48. The van der Waals surface area contributed by atoms with Crippen LogP contribution in [0.3, 0.4) is 0 Å². The molecule has 0 unspecified atom stereocenters. The van der Waals surface area contributed by atoms with Gasteiger partial charge in [-0.2, -0.15) is 0 Å². The zero-order valence-corrected chi connectivity index (χ0v) is 14.5. The van der Waals surface area contributed by atoms with Gasteiger partial charge in [0.25, 0.3) is 0 Å². The van der Waals surface area contributed by atoms with Gasteiger partial charge < -0.3 is 20.7 Å². The van der Waals surface area contributed by atoms with E-state index in [2.05, 4.69) is 16.0 Å². The fraction of sp³-hybridized carbons (Fsp3) is 0.263. The van der Waals surface area contributed by atoms with E-state index < -0.39 is 0 Å². The quantitative estimate of drug-likeness (QED) is 0.687. The number of carbonyl (C=O) groups is 2. The summed E-state index contributed by atoms with van der Waals surface area (Å²) in [6.45, 7) is 2.06. The van der Waals surface area contributed by atoms with Crippen molar-refractivity contribution < 1.29 is 14.3 Å². The van der Waals surface area contributed by atoms with Crippen LogP contribution in [0.15, 0.2) is 48.5 Å². The van der Waals surface area contributed by atoms with E-state index in [0.29, 0.717) is 23.5 Å². The molecule has 3 N–H and O–H groups in total. The number of hydrogen-bond donors (Lipinski definition) is 3. The van der Waals surface area contributed by atoms with Crippen LogP contribution in [-0.4, -0.2) is 25.5 Å². The van der Waals surface area contributed by atoms with Crippen molar-refractivity contribution in [3.8, 4) is 5.75 Å². The Kier molecular flexibility index (Phi) is 6.83. The number of hydrogen-bond acceptors (Lipinski definition) is 4. The summed E-state index contributed by atoms with van der Waals surface area (Å²) in [5.41, 5.74) is 2.08. The lowest BCUT2D eigenvalue weighted by Crippen LogP contribution is -2.22. The summed E-state index contributed by atoms with van der Waals surface area (Å²) in [6, 6.07) is 14.5. The highest BCUT2D eigenvalue weighted by Gasteiger charge is 2.07. The average Bonchev–Trinajstić information content (AvgIpc) is 2.61. The van der Waals surface area contributed by atoms with Crippen molar-refractivity contribution in [1.82, 2.24) is 0 Å². The van der Waals surface area contributed by atoms with Gasteiger partial charge in [-0.15, -0.1) is 0 Å². The lowest BCUT2D eigenvalue weighted by Gasteiger charge is -2.11. The van der Waals surface area contributed by atoms with Gasteiger partial charge in [-0.05, 0) is 36.8 Å². The number of nitrogens with one attached hydrogen (secondary N) is 3. The molecule has 2 amide bonds. The summed E-state index contributed by atoms with van der Waals surface area (Å²) in [5.74, 6) is 0.398. The van der Waals surface area contributed by atoms with Gasteiger partial charge in [-0.1, -0.05) is 25.1 Å². The van der Waals surface area contributed by atoms with Gasteiger partial charge in [-0.3, -0.25) is 9.59 Å². The maximum absolute atomic E-state index is 12.1. The van der Waals surface area contributed by atoms with Gasteiger partial charge in [0.1, 0.15) is 5.75 Å². The highest BCUT2D eigenvalue weighted by Crippen LogP contribution is 2.23. The Bertz CT molecular complexity index is 731. The van der Waals surface area contributed by atoms with Crippen molar-refractivity contribution in [3.05, 3.63) is 48.5 Å². The Hall–Kier alpha value is -3.02. The van der Waals surface area contributed by atoms with E-state index in [1.54, 1.807) is 25.3 Å². The Morgan fingerprint density at radius 3 is 2.48 bits per heavy atom. The molecule has 0 saturated heterocycles. The van der Waals surface area contributed by atoms with E-state index in [4.69, 9.17) is 4.74 Å². The van der Waals surface area contributed by atoms with Crippen LogP contribution in [0.4, 0.5) is 17.1 Å². The second-order valence-corrected chi connectivity index (χ2v) is 5.48. The van der Waals surface area contributed by atoms with Gasteiger partial charge >= 0.3 is 0 Å². The van der Waals surface area contributed by atoms with Gasteiger partial charge in [0.05, 0.1) is 19.3 Å². The molecule has 2 aromatic rings. The maximum atomic E-state index is 12.1. The summed E-state index contributed by atoms with van der Waals surface area (Å²) in [7, 11) is 1.56. The van der Waals surface area contributed by atoms with Gasteiger partial charge in [-0.25, -0.2) is 0 Å². The third-order valence-electron chi connectivity index (χ3n) is 3.46. The zero-order valence-electron chi connectivity index (χ0n) is 14.5. The minimum atomic E-state index is -0.190. The van der Waals surface area contributed by atoms with Crippen LogP contribution in [0.1, 0.15) is 19.8 Å². The highest BCUT2D eigenvalue weighted by molar-refractivity contribution is 5.95. The Morgan fingerprint density at radius 2 is 1.72 bits per heavy atom. The average molecular weight is 341 g/mol. The number of amides is 2. The summed E-state index contributed by atoms with van der Waals surface area (Å²) >= 11 is 0. The molecule has 0 heterocycles. The first-order chi connectivity index (χ1) is 12.1. The normalized spacial score (nSPS) is 10.0. The molecule has 0 aliphatic heterocycles. The molecule has 0 radical (unpaired) electrons. The number of methoxy groups -OCH3 is 1. The molecule has 25 heavy (non-hydrogen) atoms. The summed E-state index contributed by atoms with van der Waals surface area (Å²) in [6.07, 6.45) is 1.28. The monoisotopic (exact) mass is 341 g/mol. The van der Waals surface area contributed by atoms with Crippen molar-refractivity contribution in [1.29, 1.82) is 0 Å². The summed E-state index contributed by atoms with van der Waals surface area (Å²) in [4.78, 5) is 23.7. The zero-order chi connectivity index (χ0) is 18.1. The Balaban J connectivity index is 1.90. The Morgan fingerprint density at radius 1 is 0.960 bits per heavy atom. The third-order valence-corrected chi connectivity index (χ3v) is 3.46. The largest absolute Gasteiger partial charge is 0.495 e. The molecular weight excluding hydrogens is 318 g/mol. The summed E-state index contributed by atoms with van der Waals surface area (Å²) in [5, 5.41) is 8.67. The molecule has 132 valence electrons. The van der Waals surface area contributed by atoms with Crippen molar-refractivity contribution in [3.63, 3.8) is 0 Å². The van der Waals surface area contributed by atoms with Crippen LogP contribution in [0.25, 0.3) is 0 Å². The van der Waals surface area contributed by atoms with E-state index in [1.807, 2.05) is 37.3 Å². The number of benzene rings is 2. The number of para-hydroxylation sites is 2. The molecule has 0 aliphatic rings.